The Morgan fingerprint density at radius 3 is 2.47 bits per heavy atom. The Balaban J connectivity index is 2.39. The van der Waals surface area contributed by atoms with Crippen LogP contribution in [-0.2, 0) is 0 Å². The largest absolute Gasteiger partial charge is 0.290 e. The molecule has 0 atom stereocenters. The van der Waals surface area contributed by atoms with Crippen molar-refractivity contribution in [2.45, 2.75) is 16.2 Å². The Labute approximate surface area is 114 Å². The summed E-state index contributed by atoms with van der Waals surface area (Å²) in [6.45, 7) is 1.77. The average molecular weight is 298 g/mol. The van der Waals surface area contributed by atoms with Crippen LogP contribution in [0.3, 0.4) is 0 Å². The van der Waals surface area contributed by atoms with Gasteiger partial charge in [0.05, 0.1) is 20.8 Å². The molecule has 0 aliphatic rings. The molecule has 8 nitrogen and oxygen atoms in total. The zero-order chi connectivity index (χ0) is 14.0. The van der Waals surface area contributed by atoms with E-state index >= 15 is 0 Å². The van der Waals surface area contributed by atoms with E-state index < -0.39 is 9.85 Å². The summed E-state index contributed by atoms with van der Waals surface area (Å²) >= 11 is 2.36. The lowest BCUT2D eigenvalue weighted by Gasteiger charge is -1.99. The van der Waals surface area contributed by atoms with Crippen molar-refractivity contribution in [1.82, 2.24) is 10.2 Å². The monoisotopic (exact) mass is 298 g/mol. The molecule has 1 heterocycles. The maximum atomic E-state index is 10.9. The van der Waals surface area contributed by atoms with E-state index in [1.807, 2.05) is 0 Å². The molecular formula is C9H6N4O4S2. The smallest absolute Gasteiger partial charge is 0.258 e. The lowest BCUT2D eigenvalue weighted by molar-refractivity contribution is -0.396. The summed E-state index contributed by atoms with van der Waals surface area (Å²) in [6.07, 6.45) is 0. The van der Waals surface area contributed by atoms with Crippen molar-refractivity contribution in [1.29, 1.82) is 0 Å². The molecule has 2 aromatic rings. The van der Waals surface area contributed by atoms with Gasteiger partial charge in [0.15, 0.2) is 4.34 Å². The highest BCUT2D eigenvalue weighted by molar-refractivity contribution is 8.01. The number of hydrogen-bond acceptors (Lipinski definition) is 8. The fourth-order valence-corrected chi connectivity index (χ4v) is 3.12. The number of benzene rings is 1. The van der Waals surface area contributed by atoms with Crippen molar-refractivity contribution in [3.63, 3.8) is 0 Å². The molecule has 0 amide bonds. The normalized spacial score (nSPS) is 10.4. The van der Waals surface area contributed by atoms with Gasteiger partial charge in [-0.15, -0.1) is 10.2 Å². The van der Waals surface area contributed by atoms with Gasteiger partial charge >= 0.3 is 0 Å². The van der Waals surface area contributed by atoms with Gasteiger partial charge in [-0.2, -0.15) is 0 Å². The first-order chi connectivity index (χ1) is 8.97. The van der Waals surface area contributed by atoms with E-state index in [4.69, 9.17) is 0 Å². The summed E-state index contributed by atoms with van der Waals surface area (Å²) in [6, 6.07) is 3.51. The Morgan fingerprint density at radius 1 is 1.21 bits per heavy atom. The maximum Gasteiger partial charge on any atom is 0.290 e. The number of nitro groups is 2. The van der Waals surface area contributed by atoms with Crippen molar-refractivity contribution in [2.75, 3.05) is 0 Å². The maximum absolute atomic E-state index is 10.9. The standard InChI is InChI=1S/C9H6N4O4S2/c1-5-10-11-9(18-5)19-8-3-2-6(12(14)15)4-7(8)13(16)17/h2-4H,1H3. The van der Waals surface area contributed by atoms with E-state index in [1.54, 1.807) is 6.92 Å². The predicted octanol–water partition coefficient (Wildman–Crippen LogP) is 2.81. The highest BCUT2D eigenvalue weighted by Crippen LogP contribution is 2.37. The van der Waals surface area contributed by atoms with Crippen LogP contribution in [0.25, 0.3) is 0 Å². The van der Waals surface area contributed by atoms with E-state index in [0.717, 1.165) is 22.8 Å². The van der Waals surface area contributed by atoms with Gasteiger partial charge in [0.1, 0.15) is 5.01 Å². The minimum atomic E-state index is -0.670. The van der Waals surface area contributed by atoms with Crippen LogP contribution in [0.2, 0.25) is 0 Å². The van der Waals surface area contributed by atoms with Crippen molar-refractivity contribution >= 4 is 34.5 Å². The average Bonchev–Trinajstić information content (AvgIpc) is 2.74. The first-order valence-corrected chi connectivity index (χ1v) is 6.51. The van der Waals surface area contributed by atoms with Crippen LogP contribution in [-0.4, -0.2) is 20.0 Å². The van der Waals surface area contributed by atoms with Crippen LogP contribution < -0.4 is 0 Å². The fourth-order valence-electron chi connectivity index (χ4n) is 1.26. The highest BCUT2D eigenvalue weighted by Gasteiger charge is 2.21. The molecule has 0 aliphatic heterocycles. The Morgan fingerprint density at radius 2 is 1.95 bits per heavy atom. The molecule has 98 valence electrons. The lowest BCUT2D eigenvalue weighted by Crippen LogP contribution is -1.94. The van der Waals surface area contributed by atoms with E-state index in [2.05, 4.69) is 10.2 Å². The van der Waals surface area contributed by atoms with Gasteiger partial charge in [-0.3, -0.25) is 20.2 Å². The third-order valence-electron chi connectivity index (χ3n) is 2.05. The van der Waals surface area contributed by atoms with Crippen molar-refractivity contribution in [2.24, 2.45) is 0 Å². The van der Waals surface area contributed by atoms with Gasteiger partial charge in [0.25, 0.3) is 11.4 Å². The van der Waals surface area contributed by atoms with Crippen molar-refractivity contribution < 1.29 is 9.85 Å². The van der Waals surface area contributed by atoms with Crippen LogP contribution >= 0.6 is 23.1 Å². The quantitative estimate of drug-likeness (QED) is 0.630. The molecule has 0 radical (unpaired) electrons. The third kappa shape index (κ3) is 3.03. The summed E-state index contributed by atoms with van der Waals surface area (Å²) in [5.41, 5.74) is -0.628. The van der Waals surface area contributed by atoms with Crippen molar-refractivity contribution in [3.8, 4) is 0 Å². The summed E-state index contributed by atoms with van der Waals surface area (Å²) in [4.78, 5) is 20.5. The minimum Gasteiger partial charge on any atom is -0.258 e. The second-order valence-electron chi connectivity index (χ2n) is 3.36. The molecule has 2 rings (SSSR count). The number of aryl methyl sites for hydroxylation is 1. The molecule has 0 spiro atoms. The molecule has 1 aromatic carbocycles. The number of nitrogens with zero attached hydrogens (tertiary/aromatic N) is 4. The second kappa shape index (κ2) is 5.28. The van der Waals surface area contributed by atoms with Gasteiger partial charge in [-0.1, -0.05) is 23.1 Å². The molecule has 0 unspecified atom stereocenters. The molecule has 0 bridgehead atoms. The molecule has 0 aliphatic carbocycles. The van der Waals surface area contributed by atoms with Gasteiger partial charge in [-0.25, -0.2) is 0 Å². The van der Waals surface area contributed by atoms with E-state index in [0.29, 0.717) is 9.24 Å². The molecule has 0 saturated carbocycles. The summed E-state index contributed by atoms with van der Waals surface area (Å²) in [5.74, 6) is 0. The number of non-ortho nitro benzene ring substituents is 1. The van der Waals surface area contributed by atoms with E-state index in [-0.39, 0.29) is 11.4 Å². The fraction of sp³-hybridized carbons (Fsp3) is 0.111. The molecular weight excluding hydrogens is 292 g/mol. The van der Waals surface area contributed by atoms with Gasteiger partial charge < -0.3 is 0 Å². The Kier molecular flexibility index (Phi) is 3.71. The molecule has 1 aromatic heterocycles. The number of rotatable bonds is 4. The topological polar surface area (TPSA) is 112 Å². The van der Waals surface area contributed by atoms with Crippen LogP contribution in [0.4, 0.5) is 11.4 Å². The van der Waals surface area contributed by atoms with Crippen LogP contribution in [0.5, 0.6) is 0 Å². The Hall–Kier alpha value is -2.07. The highest BCUT2D eigenvalue weighted by atomic mass is 32.2. The van der Waals surface area contributed by atoms with Crippen LogP contribution in [0.15, 0.2) is 27.4 Å². The van der Waals surface area contributed by atoms with Gasteiger partial charge in [-0.05, 0) is 13.0 Å². The summed E-state index contributed by atoms with van der Waals surface area (Å²) in [7, 11) is 0. The molecule has 0 saturated heterocycles. The van der Waals surface area contributed by atoms with Crippen LogP contribution in [0.1, 0.15) is 5.01 Å². The predicted molar refractivity (Wildman–Crippen MR) is 68.5 cm³/mol. The minimum absolute atomic E-state index is 0.298. The SMILES string of the molecule is Cc1nnc(Sc2ccc([N+](=O)[O-])cc2[N+](=O)[O-])s1. The van der Waals surface area contributed by atoms with E-state index in [1.165, 1.54) is 23.5 Å². The number of aromatic nitrogens is 2. The zero-order valence-corrected chi connectivity index (χ0v) is 11.1. The van der Waals surface area contributed by atoms with Crippen LogP contribution in [0, 0.1) is 27.2 Å². The lowest BCUT2D eigenvalue weighted by atomic mass is 10.3. The summed E-state index contributed by atoms with van der Waals surface area (Å²) in [5, 5.41) is 29.9. The van der Waals surface area contributed by atoms with Crippen molar-refractivity contribution in [3.05, 3.63) is 43.4 Å². The molecule has 10 heteroatoms. The zero-order valence-electron chi connectivity index (χ0n) is 9.47. The molecule has 19 heavy (non-hydrogen) atoms. The third-order valence-corrected chi connectivity index (χ3v) is 4.01. The summed E-state index contributed by atoms with van der Waals surface area (Å²) < 4.78 is 0.550. The molecule has 0 fully saturated rings. The first kappa shape index (κ1) is 13.4. The molecule has 0 N–H and O–H groups in total. The number of hydrogen-bond donors (Lipinski definition) is 0. The van der Waals surface area contributed by atoms with E-state index in [9.17, 15) is 20.2 Å². The van der Waals surface area contributed by atoms with Gasteiger partial charge in [0.2, 0.25) is 0 Å². The number of nitro benzene ring substituents is 2. The first-order valence-electron chi connectivity index (χ1n) is 4.88. The second-order valence-corrected chi connectivity index (χ2v) is 5.83. The Bertz CT molecular complexity index is 657. The van der Waals surface area contributed by atoms with Gasteiger partial charge in [0, 0.05) is 6.07 Å².